The number of nitrogens with one attached hydrogen (secondary N) is 1. The van der Waals surface area contributed by atoms with Gasteiger partial charge in [-0.1, -0.05) is 0 Å². The second kappa shape index (κ2) is 3.09. The normalized spacial score (nSPS) is 39.0. The van der Waals surface area contributed by atoms with Gasteiger partial charge in [-0.3, -0.25) is 4.90 Å². The maximum Gasteiger partial charge on any atom is 0.0599 e. The number of piperazine rings is 1. The quantitative estimate of drug-likeness (QED) is 0.539. The fourth-order valence-corrected chi connectivity index (χ4v) is 2.12. The molecule has 2 unspecified atom stereocenters. The molecule has 0 spiro atoms. The van der Waals surface area contributed by atoms with E-state index in [0.717, 1.165) is 6.54 Å². The maximum absolute atomic E-state index is 9.04. The standard InChI is InChI=1S/C8H15N2O/c11-6-7-8-2-1-4-10(8)5-3-9-7/h5,7-9,11H,1-4,6H2. The van der Waals surface area contributed by atoms with Crippen LogP contribution in [0, 0.1) is 6.54 Å². The third-order valence-corrected chi connectivity index (χ3v) is 2.71. The van der Waals surface area contributed by atoms with Gasteiger partial charge in [-0.15, -0.1) is 0 Å². The molecule has 3 heteroatoms. The molecule has 0 aliphatic carbocycles. The van der Waals surface area contributed by atoms with Gasteiger partial charge in [0.1, 0.15) is 0 Å². The van der Waals surface area contributed by atoms with Gasteiger partial charge in [0.2, 0.25) is 0 Å². The van der Waals surface area contributed by atoms with Crippen molar-refractivity contribution in [3.63, 3.8) is 0 Å². The van der Waals surface area contributed by atoms with E-state index in [9.17, 15) is 0 Å². The minimum Gasteiger partial charge on any atom is -0.395 e. The molecule has 2 rings (SSSR count). The van der Waals surface area contributed by atoms with Crippen LogP contribution in [-0.2, 0) is 0 Å². The van der Waals surface area contributed by atoms with E-state index in [1.54, 1.807) is 0 Å². The van der Waals surface area contributed by atoms with E-state index in [1.165, 1.54) is 19.4 Å². The summed E-state index contributed by atoms with van der Waals surface area (Å²) < 4.78 is 0. The average Bonchev–Trinajstić information content (AvgIpc) is 2.50. The molecule has 2 aliphatic heterocycles. The van der Waals surface area contributed by atoms with Crippen LogP contribution in [-0.4, -0.2) is 41.8 Å². The number of aliphatic hydroxyl groups excluding tert-OH is 1. The SMILES string of the molecule is OCC1NC[CH]N2CCCC12. The fraction of sp³-hybridized carbons (Fsp3) is 0.875. The largest absolute Gasteiger partial charge is 0.395 e. The number of rotatable bonds is 1. The molecule has 0 saturated carbocycles. The van der Waals surface area contributed by atoms with Gasteiger partial charge in [0.25, 0.3) is 0 Å². The zero-order valence-corrected chi connectivity index (χ0v) is 6.66. The van der Waals surface area contributed by atoms with Crippen molar-refractivity contribution in [2.24, 2.45) is 0 Å². The first kappa shape index (κ1) is 7.53. The van der Waals surface area contributed by atoms with Crippen LogP contribution in [0.3, 0.4) is 0 Å². The van der Waals surface area contributed by atoms with Gasteiger partial charge in [-0.25, -0.2) is 0 Å². The highest BCUT2D eigenvalue weighted by Crippen LogP contribution is 2.23. The van der Waals surface area contributed by atoms with Crippen molar-refractivity contribution in [3.05, 3.63) is 6.54 Å². The molecule has 0 aromatic rings. The molecule has 2 N–H and O–H groups in total. The molecule has 0 bridgehead atoms. The second-order valence-electron chi connectivity index (χ2n) is 3.33. The lowest BCUT2D eigenvalue weighted by molar-refractivity contribution is 0.141. The van der Waals surface area contributed by atoms with Crippen molar-refractivity contribution in [1.29, 1.82) is 0 Å². The summed E-state index contributed by atoms with van der Waals surface area (Å²) in [5, 5.41) is 12.3. The highest BCUT2D eigenvalue weighted by Gasteiger charge is 2.33. The smallest absolute Gasteiger partial charge is 0.0599 e. The van der Waals surface area contributed by atoms with E-state index in [1.807, 2.05) is 0 Å². The Bertz CT molecular complexity index is 140. The van der Waals surface area contributed by atoms with Crippen LogP contribution in [0.4, 0.5) is 0 Å². The van der Waals surface area contributed by atoms with Crippen LogP contribution in [0.1, 0.15) is 12.8 Å². The molecule has 11 heavy (non-hydrogen) atoms. The van der Waals surface area contributed by atoms with E-state index in [-0.39, 0.29) is 6.61 Å². The molecule has 0 aromatic carbocycles. The van der Waals surface area contributed by atoms with Gasteiger partial charge < -0.3 is 10.4 Å². The number of fused-ring (bicyclic) bond motifs is 1. The van der Waals surface area contributed by atoms with Gasteiger partial charge in [-0.05, 0) is 19.4 Å². The third-order valence-electron chi connectivity index (χ3n) is 2.71. The van der Waals surface area contributed by atoms with E-state index >= 15 is 0 Å². The second-order valence-corrected chi connectivity index (χ2v) is 3.33. The lowest BCUT2D eigenvalue weighted by Gasteiger charge is -2.36. The summed E-state index contributed by atoms with van der Waals surface area (Å²) in [4.78, 5) is 2.37. The number of nitrogens with zero attached hydrogens (tertiary/aromatic N) is 1. The summed E-state index contributed by atoms with van der Waals surface area (Å²) in [6.07, 6.45) is 2.51. The lowest BCUT2D eigenvalue weighted by atomic mass is 10.0. The molecule has 0 aromatic heterocycles. The van der Waals surface area contributed by atoms with Crippen molar-refractivity contribution < 1.29 is 5.11 Å². The summed E-state index contributed by atoms with van der Waals surface area (Å²) in [7, 11) is 0. The molecule has 2 heterocycles. The third kappa shape index (κ3) is 1.28. The molecule has 2 aliphatic rings. The zero-order chi connectivity index (χ0) is 7.68. The topological polar surface area (TPSA) is 35.5 Å². The Morgan fingerprint density at radius 2 is 2.55 bits per heavy atom. The fourth-order valence-electron chi connectivity index (χ4n) is 2.12. The predicted molar refractivity (Wildman–Crippen MR) is 42.9 cm³/mol. The van der Waals surface area contributed by atoms with Crippen LogP contribution in [0.2, 0.25) is 0 Å². The van der Waals surface area contributed by atoms with Crippen LogP contribution >= 0.6 is 0 Å². The van der Waals surface area contributed by atoms with Crippen molar-refractivity contribution in [1.82, 2.24) is 10.2 Å². The zero-order valence-electron chi connectivity index (χ0n) is 6.66. The highest BCUT2D eigenvalue weighted by atomic mass is 16.3. The molecule has 2 fully saturated rings. The molecule has 2 atom stereocenters. The predicted octanol–water partition coefficient (Wildman–Crippen LogP) is -0.423. The molecular weight excluding hydrogens is 140 g/mol. The van der Waals surface area contributed by atoms with Crippen molar-refractivity contribution >= 4 is 0 Å². The first-order valence-electron chi connectivity index (χ1n) is 4.35. The molecule has 63 valence electrons. The first-order valence-corrected chi connectivity index (χ1v) is 4.35. The maximum atomic E-state index is 9.04. The summed E-state index contributed by atoms with van der Waals surface area (Å²) >= 11 is 0. The van der Waals surface area contributed by atoms with Gasteiger partial charge in [0.15, 0.2) is 0 Å². The minimum atomic E-state index is 0.273. The van der Waals surface area contributed by atoms with Crippen molar-refractivity contribution in [3.8, 4) is 0 Å². The van der Waals surface area contributed by atoms with Crippen LogP contribution in [0.5, 0.6) is 0 Å². The molecular formula is C8H15N2O. The van der Waals surface area contributed by atoms with Gasteiger partial charge in [0.05, 0.1) is 6.61 Å². The Hall–Kier alpha value is -0.120. The Kier molecular flexibility index (Phi) is 2.11. The highest BCUT2D eigenvalue weighted by molar-refractivity contribution is 4.97. The number of hydrogen-bond acceptors (Lipinski definition) is 3. The minimum absolute atomic E-state index is 0.273. The molecule has 0 amide bonds. The van der Waals surface area contributed by atoms with Crippen molar-refractivity contribution in [2.75, 3.05) is 19.7 Å². The van der Waals surface area contributed by atoms with E-state index < -0.39 is 0 Å². The average molecular weight is 155 g/mol. The van der Waals surface area contributed by atoms with E-state index in [2.05, 4.69) is 16.8 Å². The molecule has 2 saturated heterocycles. The van der Waals surface area contributed by atoms with E-state index in [4.69, 9.17) is 5.11 Å². The summed E-state index contributed by atoms with van der Waals surface area (Å²) in [6, 6.07) is 0.872. The monoisotopic (exact) mass is 155 g/mol. The van der Waals surface area contributed by atoms with Gasteiger partial charge in [0, 0.05) is 25.2 Å². The molecule has 3 nitrogen and oxygen atoms in total. The lowest BCUT2D eigenvalue weighted by Crippen LogP contribution is -2.54. The molecule has 1 radical (unpaired) electrons. The Labute approximate surface area is 67.4 Å². The van der Waals surface area contributed by atoms with E-state index in [0.29, 0.717) is 12.1 Å². The Morgan fingerprint density at radius 1 is 1.64 bits per heavy atom. The summed E-state index contributed by atoms with van der Waals surface area (Å²) in [5.41, 5.74) is 0. The Balaban J connectivity index is 2.00. The number of aliphatic hydroxyl groups is 1. The van der Waals surface area contributed by atoms with Crippen LogP contribution < -0.4 is 5.32 Å². The summed E-state index contributed by atoms with van der Waals surface area (Å²) in [5.74, 6) is 0. The Morgan fingerprint density at radius 3 is 3.36 bits per heavy atom. The number of hydrogen-bond donors (Lipinski definition) is 2. The summed E-state index contributed by atoms with van der Waals surface area (Å²) in [6.45, 7) is 4.59. The van der Waals surface area contributed by atoms with Crippen LogP contribution in [0.15, 0.2) is 0 Å². The first-order chi connectivity index (χ1) is 5.42. The van der Waals surface area contributed by atoms with Crippen LogP contribution in [0.25, 0.3) is 0 Å². The van der Waals surface area contributed by atoms with Crippen molar-refractivity contribution in [2.45, 2.75) is 24.9 Å². The van der Waals surface area contributed by atoms with Gasteiger partial charge >= 0.3 is 0 Å². The van der Waals surface area contributed by atoms with Gasteiger partial charge in [-0.2, -0.15) is 0 Å².